The second-order valence-electron chi connectivity index (χ2n) is 7.04. The van der Waals surface area contributed by atoms with E-state index in [1.165, 1.54) is 0 Å². The molecule has 0 aromatic heterocycles. The number of carbonyl (C=O) groups is 3. The highest BCUT2D eigenvalue weighted by atomic mass is 16.2. The molecule has 5 nitrogen and oxygen atoms in total. The molecule has 1 fully saturated rings. The van der Waals surface area contributed by atoms with Crippen LogP contribution in [0.3, 0.4) is 0 Å². The van der Waals surface area contributed by atoms with Gasteiger partial charge in [0, 0.05) is 11.3 Å². The van der Waals surface area contributed by atoms with E-state index >= 15 is 0 Å². The van der Waals surface area contributed by atoms with Crippen LogP contribution in [0.4, 0.5) is 11.4 Å². The number of hydrogen-bond donors (Lipinski definition) is 1. The third-order valence-corrected chi connectivity index (χ3v) is 5.67. The minimum absolute atomic E-state index is 0.0312. The Balaban J connectivity index is 1.72. The fourth-order valence-electron chi connectivity index (χ4n) is 3.97. The summed E-state index contributed by atoms with van der Waals surface area (Å²) in [5.41, 5.74) is 3.31. The van der Waals surface area contributed by atoms with Crippen molar-refractivity contribution in [1.82, 2.24) is 0 Å². The molecule has 0 radical (unpaired) electrons. The Morgan fingerprint density at radius 1 is 1.32 bits per heavy atom. The minimum Gasteiger partial charge on any atom is -0.325 e. The van der Waals surface area contributed by atoms with Gasteiger partial charge in [0.05, 0.1) is 11.1 Å². The number of allylic oxidation sites excluding steroid dienone is 2. The fourth-order valence-corrected chi connectivity index (χ4v) is 3.97. The van der Waals surface area contributed by atoms with E-state index in [-0.39, 0.29) is 11.8 Å². The van der Waals surface area contributed by atoms with Crippen molar-refractivity contribution >= 4 is 29.6 Å². The van der Waals surface area contributed by atoms with Crippen molar-refractivity contribution in [2.45, 2.75) is 44.4 Å². The van der Waals surface area contributed by atoms with Gasteiger partial charge in [-0.15, -0.1) is 0 Å². The second kappa shape index (κ2) is 5.69. The highest BCUT2D eigenvalue weighted by Crippen LogP contribution is 2.51. The molecule has 3 aliphatic rings. The van der Waals surface area contributed by atoms with Gasteiger partial charge in [-0.05, 0) is 56.4 Å². The summed E-state index contributed by atoms with van der Waals surface area (Å²) in [7, 11) is 0. The lowest BCUT2D eigenvalue weighted by Gasteiger charge is -2.36. The minimum atomic E-state index is -0.469. The quantitative estimate of drug-likeness (QED) is 0.862. The fraction of sp³-hybridized carbons (Fsp3) is 0.350. The third-order valence-electron chi connectivity index (χ3n) is 5.67. The highest BCUT2D eigenvalue weighted by Gasteiger charge is 2.51. The summed E-state index contributed by atoms with van der Waals surface area (Å²) in [6.07, 6.45) is 8.71. The molecule has 1 N–H and O–H groups in total. The molecule has 2 aliphatic carbocycles. The van der Waals surface area contributed by atoms with Gasteiger partial charge in [-0.1, -0.05) is 24.1 Å². The number of benzene rings is 1. The van der Waals surface area contributed by atoms with Crippen LogP contribution in [-0.2, 0) is 19.8 Å². The van der Waals surface area contributed by atoms with Gasteiger partial charge in [0.25, 0.3) is 5.91 Å². The zero-order valence-corrected chi connectivity index (χ0v) is 14.2. The van der Waals surface area contributed by atoms with Gasteiger partial charge < -0.3 is 5.32 Å². The van der Waals surface area contributed by atoms with Crippen molar-refractivity contribution in [2.75, 3.05) is 10.2 Å². The van der Waals surface area contributed by atoms with Crippen LogP contribution < -0.4 is 10.2 Å². The number of nitrogens with one attached hydrogen (secondary N) is 1. The Kier molecular flexibility index (Phi) is 3.60. The number of carbonyl (C=O) groups excluding carboxylic acids is 3. The number of anilines is 2. The summed E-state index contributed by atoms with van der Waals surface area (Å²) in [6, 6.07) is 5.32. The first-order valence-corrected chi connectivity index (χ1v) is 8.68. The third kappa shape index (κ3) is 2.26. The summed E-state index contributed by atoms with van der Waals surface area (Å²) in [5, 5.41) is 2.92. The van der Waals surface area contributed by atoms with Crippen LogP contribution in [-0.4, -0.2) is 18.2 Å². The van der Waals surface area contributed by atoms with Gasteiger partial charge in [-0.25, -0.2) is 4.90 Å². The summed E-state index contributed by atoms with van der Waals surface area (Å²) in [4.78, 5) is 38.0. The van der Waals surface area contributed by atoms with Gasteiger partial charge in [0.15, 0.2) is 0 Å². The Labute approximate surface area is 146 Å². The van der Waals surface area contributed by atoms with Crippen molar-refractivity contribution in [1.29, 1.82) is 0 Å². The Morgan fingerprint density at radius 3 is 2.76 bits per heavy atom. The van der Waals surface area contributed by atoms with Crippen LogP contribution in [0.2, 0.25) is 0 Å². The summed E-state index contributed by atoms with van der Waals surface area (Å²) in [6.45, 7) is 1.92. The molecule has 0 unspecified atom stereocenters. The van der Waals surface area contributed by atoms with Gasteiger partial charge in [0.2, 0.25) is 12.3 Å². The Morgan fingerprint density at radius 2 is 2.12 bits per heavy atom. The zero-order valence-electron chi connectivity index (χ0n) is 14.2. The van der Waals surface area contributed by atoms with E-state index in [2.05, 4.69) is 5.32 Å². The van der Waals surface area contributed by atoms with Gasteiger partial charge in [0.1, 0.15) is 0 Å². The predicted molar refractivity (Wildman–Crippen MR) is 95.2 cm³/mol. The Hall–Kier alpha value is -2.69. The molecule has 128 valence electrons. The lowest BCUT2D eigenvalue weighted by molar-refractivity contribution is -0.123. The van der Waals surface area contributed by atoms with Crippen molar-refractivity contribution in [3.63, 3.8) is 0 Å². The van der Waals surface area contributed by atoms with Crippen molar-refractivity contribution in [2.24, 2.45) is 0 Å². The second-order valence-corrected chi connectivity index (χ2v) is 7.04. The maximum Gasteiger partial charge on any atom is 0.264 e. The lowest BCUT2D eigenvalue weighted by atomic mass is 9.65. The normalized spacial score (nSPS) is 20.1. The molecule has 1 saturated carbocycles. The van der Waals surface area contributed by atoms with Crippen LogP contribution in [0.15, 0.2) is 41.5 Å². The van der Waals surface area contributed by atoms with Crippen LogP contribution >= 0.6 is 0 Å². The van der Waals surface area contributed by atoms with E-state index < -0.39 is 5.41 Å². The predicted octanol–water partition coefficient (Wildman–Crippen LogP) is 3.22. The first kappa shape index (κ1) is 15.8. The maximum atomic E-state index is 12.9. The number of nitrogens with zero attached hydrogens (tertiary/aromatic N) is 1. The molecule has 1 aliphatic heterocycles. The molecular formula is C20H20N2O3. The molecular weight excluding hydrogens is 316 g/mol. The summed E-state index contributed by atoms with van der Waals surface area (Å²) < 4.78 is 0. The van der Waals surface area contributed by atoms with Crippen LogP contribution in [0, 0.1) is 0 Å². The van der Waals surface area contributed by atoms with Crippen molar-refractivity contribution in [3.05, 3.63) is 47.1 Å². The average Bonchev–Trinajstić information content (AvgIpc) is 2.87. The van der Waals surface area contributed by atoms with E-state index in [9.17, 15) is 14.4 Å². The van der Waals surface area contributed by atoms with Crippen molar-refractivity contribution in [3.8, 4) is 0 Å². The molecule has 0 atom stereocenters. The smallest absolute Gasteiger partial charge is 0.264 e. The topological polar surface area (TPSA) is 66.5 Å². The largest absolute Gasteiger partial charge is 0.325 e. The monoisotopic (exact) mass is 336 g/mol. The van der Waals surface area contributed by atoms with E-state index in [1.807, 2.05) is 19.1 Å². The maximum absolute atomic E-state index is 12.9. The molecule has 1 spiro atoms. The van der Waals surface area contributed by atoms with E-state index in [4.69, 9.17) is 0 Å². The first-order valence-electron chi connectivity index (χ1n) is 8.68. The SMILES string of the molecule is CC1=C(C(=O)N(C=O)c2ccc3c(c2)C2(CCC2)C(=O)N3)C=CCC1. The standard InChI is InChI=1S/C20H20N2O3/c1-13-5-2-3-6-15(13)18(24)22(12-23)14-7-8-17-16(11-14)20(9-4-10-20)19(25)21-17/h3,6-8,11-12H,2,4-5,9-10H2,1H3,(H,21,25). The summed E-state index contributed by atoms with van der Waals surface area (Å²) in [5.74, 6) is -0.285. The number of hydrogen-bond acceptors (Lipinski definition) is 3. The molecule has 5 heteroatoms. The lowest BCUT2D eigenvalue weighted by Crippen LogP contribution is -2.41. The summed E-state index contributed by atoms with van der Waals surface area (Å²) >= 11 is 0. The molecule has 1 aromatic rings. The number of rotatable bonds is 3. The van der Waals surface area contributed by atoms with Crippen LogP contribution in [0.25, 0.3) is 0 Å². The number of fused-ring (bicyclic) bond motifs is 2. The van der Waals surface area contributed by atoms with Gasteiger partial charge >= 0.3 is 0 Å². The average molecular weight is 336 g/mol. The molecule has 25 heavy (non-hydrogen) atoms. The molecule has 0 saturated heterocycles. The van der Waals surface area contributed by atoms with Gasteiger partial charge in [-0.3, -0.25) is 14.4 Å². The molecule has 4 rings (SSSR count). The van der Waals surface area contributed by atoms with Crippen LogP contribution in [0.5, 0.6) is 0 Å². The molecule has 1 aromatic carbocycles. The van der Waals surface area contributed by atoms with E-state index in [1.54, 1.807) is 18.2 Å². The highest BCUT2D eigenvalue weighted by molar-refractivity contribution is 6.17. The molecule has 0 bridgehead atoms. The zero-order chi connectivity index (χ0) is 17.6. The van der Waals surface area contributed by atoms with E-state index in [0.717, 1.165) is 53.8 Å². The first-order chi connectivity index (χ1) is 12.1. The number of amides is 3. The molecule has 1 heterocycles. The van der Waals surface area contributed by atoms with Crippen LogP contribution in [0.1, 0.15) is 44.6 Å². The van der Waals surface area contributed by atoms with E-state index in [0.29, 0.717) is 17.7 Å². The van der Waals surface area contributed by atoms with Crippen molar-refractivity contribution < 1.29 is 14.4 Å². The Bertz CT molecular complexity index is 846. The molecule has 3 amide bonds. The van der Waals surface area contributed by atoms with Gasteiger partial charge in [-0.2, -0.15) is 0 Å². The number of imide groups is 1.